The number of hydrogen-bond donors (Lipinski definition) is 2. The summed E-state index contributed by atoms with van der Waals surface area (Å²) in [4.78, 5) is 28.7. The van der Waals surface area contributed by atoms with E-state index in [9.17, 15) is 9.59 Å². The number of carbonyl (C=O) groups is 2. The van der Waals surface area contributed by atoms with Gasteiger partial charge in [0.15, 0.2) is 0 Å². The summed E-state index contributed by atoms with van der Waals surface area (Å²) >= 11 is 0. The Hall–Kier alpha value is -3.22. The van der Waals surface area contributed by atoms with Crippen molar-refractivity contribution in [2.75, 3.05) is 44.7 Å². The van der Waals surface area contributed by atoms with Gasteiger partial charge in [-0.2, -0.15) is 0 Å². The minimum absolute atomic E-state index is 0.0341. The molecule has 0 bridgehead atoms. The van der Waals surface area contributed by atoms with Crippen molar-refractivity contribution in [1.29, 1.82) is 0 Å². The Labute approximate surface area is 190 Å². The first kappa shape index (κ1) is 23.4. The molecule has 1 fully saturated rings. The van der Waals surface area contributed by atoms with Gasteiger partial charge in [0.2, 0.25) is 0 Å². The number of rotatable bonds is 9. The number of urea groups is 1. The topological polar surface area (TPSA) is 73.9 Å². The van der Waals surface area contributed by atoms with Gasteiger partial charge in [0.1, 0.15) is 5.75 Å². The minimum Gasteiger partial charge on any atom is -0.497 e. The summed E-state index contributed by atoms with van der Waals surface area (Å²) < 4.78 is 5.31. The van der Waals surface area contributed by atoms with Crippen LogP contribution in [0, 0.1) is 5.92 Å². The Morgan fingerprint density at radius 1 is 1.09 bits per heavy atom. The first-order chi connectivity index (χ1) is 15.5. The molecular formula is C25H34N4O3. The fraction of sp³-hybridized carbons (Fsp3) is 0.440. The van der Waals surface area contributed by atoms with Crippen molar-refractivity contribution in [1.82, 2.24) is 15.5 Å². The van der Waals surface area contributed by atoms with E-state index in [0.717, 1.165) is 36.5 Å². The van der Waals surface area contributed by atoms with E-state index in [2.05, 4.69) is 21.6 Å². The van der Waals surface area contributed by atoms with Crippen LogP contribution in [0.3, 0.4) is 0 Å². The largest absolute Gasteiger partial charge is 0.497 e. The van der Waals surface area contributed by atoms with Crippen molar-refractivity contribution in [3.63, 3.8) is 0 Å². The Morgan fingerprint density at radius 3 is 2.53 bits per heavy atom. The molecule has 2 N–H and O–H groups in total. The lowest BCUT2D eigenvalue weighted by Gasteiger charge is -2.19. The number of amides is 3. The maximum absolute atomic E-state index is 12.4. The van der Waals surface area contributed by atoms with Gasteiger partial charge in [0.25, 0.3) is 5.91 Å². The minimum atomic E-state index is -0.173. The maximum Gasteiger partial charge on any atom is 0.315 e. The molecule has 0 saturated carbocycles. The van der Waals surface area contributed by atoms with Crippen LogP contribution in [0.5, 0.6) is 5.75 Å². The van der Waals surface area contributed by atoms with E-state index >= 15 is 0 Å². The fourth-order valence-corrected chi connectivity index (χ4v) is 3.98. The summed E-state index contributed by atoms with van der Waals surface area (Å²) in [5, 5.41) is 5.89. The van der Waals surface area contributed by atoms with Crippen LogP contribution in [0.15, 0.2) is 48.5 Å². The van der Waals surface area contributed by atoms with E-state index in [1.807, 2.05) is 56.3 Å². The number of ether oxygens (including phenoxy) is 1. The molecule has 7 heteroatoms. The van der Waals surface area contributed by atoms with Gasteiger partial charge in [0, 0.05) is 56.6 Å². The van der Waals surface area contributed by atoms with Crippen molar-refractivity contribution in [2.45, 2.75) is 26.8 Å². The number of carbonyl (C=O) groups excluding carboxylic acids is 2. The van der Waals surface area contributed by atoms with E-state index in [4.69, 9.17) is 4.74 Å². The van der Waals surface area contributed by atoms with E-state index in [1.54, 1.807) is 12.0 Å². The SMILES string of the molecule is CCN(CC)C(=O)c1ccc(CNC(=O)NCC2CCN(c3cccc(OC)c3)C2)cc1. The van der Waals surface area contributed by atoms with Gasteiger partial charge in [-0.1, -0.05) is 18.2 Å². The number of nitrogens with zero attached hydrogens (tertiary/aromatic N) is 2. The molecule has 3 rings (SSSR count). The number of hydrogen-bond acceptors (Lipinski definition) is 4. The highest BCUT2D eigenvalue weighted by Gasteiger charge is 2.23. The van der Waals surface area contributed by atoms with Crippen LogP contribution in [0.25, 0.3) is 0 Å². The molecular weight excluding hydrogens is 404 g/mol. The van der Waals surface area contributed by atoms with Gasteiger partial charge < -0.3 is 25.2 Å². The average Bonchev–Trinajstić information content (AvgIpc) is 3.31. The van der Waals surface area contributed by atoms with Crippen LogP contribution in [0.4, 0.5) is 10.5 Å². The molecule has 0 aliphatic carbocycles. The molecule has 0 radical (unpaired) electrons. The normalized spacial score (nSPS) is 15.3. The van der Waals surface area contributed by atoms with Crippen molar-refractivity contribution in [2.24, 2.45) is 5.92 Å². The smallest absolute Gasteiger partial charge is 0.315 e. The zero-order valence-electron chi connectivity index (χ0n) is 19.3. The predicted molar refractivity (Wildman–Crippen MR) is 127 cm³/mol. The molecule has 2 aromatic rings. The zero-order chi connectivity index (χ0) is 22.9. The van der Waals surface area contributed by atoms with Crippen molar-refractivity contribution >= 4 is 17.6 Å². The van der Waals surface area contributed by atoms with Crippen LogP contribution in [0.2, 0.25) is 0 Å². The standard InChI is InChI=1S/C25H34N4O3/c1-4-28(5-2)24(30)21-11-9-19(10-12-21)16-26-25(31)27-17-20-13-14-29(18-20)22-7-6-8-23(15-22)32-3/h6-12,15,20H,4-5,13-14,16-18H2,1-3H3,(H2,26,27,31). The number of anilines is 1. The summed E-state index contributed by atoms with van der Waals surface area (Å²) in [6, 6.07) is 15.3. The Bertz CT molecular complexity index is 896. The fourth-order valence-electron chi connectivity index (χ4n) is 3.98. The second kappa shape index (κ2) is 11.4. The van der Waals surface area contributed by atoms with E-state index in [-0.39, 0.29) is 11.9 Å². The van der Waals surface area contributed by atoms with Crippen LogP contribution >= 0.6 is 0 Å². The van der Waals surface area contributed by atoms with Gasteiger partial charge in [0.05, 0.1) is 7.11 Å². The zero-order valence-corrected chi connectivity index (χ0v) is 19.3. The molecule has 0 aromatic heterocycles. The second-order valence-corrected chi connectivity index (χ2v) is 8.04. The molecule has 1 saturated heterocycles. The van der Waals surface area contributed by atoms with E-state index in [1.165, 1.54) is 0 Å². The Morgan fingerprint density at radius 2 is 1.84 bits per heavy atom. The lowest BCUT2D eigenvalue weighted by Crippen LogP contribution is -2.38. The molecule has 1 heterocycles. The molecule has 32 heavy (non-hydrogen) atoms. The highest BCUT2D eigenvalue weighted by atomic mass is 16.5. The molecule has 1 atom stereocenters. The average molecular weight is 439 g/mol. The van der Waals surface area contributed by atoms with E-state index in [0.29, 0.717) is 37.7 Å². The third-order valence-corrected chi connectivity index (χ3v) is 5.96. The first-order valence-corrected chi connectivity index (χ1v) is 11.3. The first-order valence-electron chi connectivity index (χ1n) is 11.3. The molecule has 172 valence electrons. The summed E-state index contributed by atoms with van der Waals surface area (Å²) in [5.74, 6) is 1.30. The van der Waals surface area contributed by atoms with Crippen LogP contribution in [-0.2, 0) is 6.54 Å². The lowest BCUT2D eigenvalue weighted by molar-refractivity contribution is 0.0773. The van der Waals surface area contributed by atoms with Gasteiger partial charge in [-0.05, 0) is 56.0 Å². The summed E-state index contributed by atoms with van der Waals surface area (Å²) in [5.41, 5.74) is 2.78. The van der Waals surface area contributed by atoms with Crippen LogP contribution in [-0.4, -0.2) is 56.7 Å². The predicted octanol–water partition coefficient (Wildman–Crippen LogP) is 3.50. The molecule has 7 nitrogen and oxygen atoms in total. The summed E-state index contributed by atoms with van der Waals surface area (Å²) in [7, 11) is 1.68. The third-order valence-electron chi connectivity index (χ3n) is 5.96. The summed E-state index contributed by atoms with van der Waals surface area (Å²) in [6.07, 6.45) is 1.04. The van der Waals surface area contributed by atoms with Gasteiger partial charge in [-0.25, -0.2) is 4.79 Å². The second-order valence-electron chi connectivity index (χ2n) is 8.04. The molecule has 1 unspecified atom stereocenters. The van der Waals surface area contributed by atoms with Gasteiger partial charge in [-0.3, -0.25) is 4.79 Å². The highest BCUT2D eigenvalue weighted by Crippen LogP contribution is 2.26. The van der Waals surface area contributed by atoms with Crippen LogP contribution < -0.4 is 20.3 Å². The third kappa shape index (κ3) is 6.15. The highest BCUT2D eigenvalue weighted by molar-refractivity contribution is 5.94. The van der Waals surface area contributed by atoms with Crippen LogP contribution in [0.1, 0.15) is 36.2 Å². The van der Waals surface area contributed by atoms with E-state index < -0.39 is 0 Å². The molecule has 1 aliphatic rings. The Kier molecular flexibility index (Phi) is 8.36. The monoisotopic (exact) mass is 438 g/mol. The van der Waals surface area contributed by atoms with Crippen molar-refractivity contribution in [3.05, 3.63) is 59.7 Å². The quantitative estimate of drug-likeness (QED) is 0.628. The molecule has 0 spiro atoms. The lowest BCUT2D eigenvalue weighted by atomic mass is 10.1. The maximum atomic E-state index is 12.4. The van der Waals surface area contributed by atoms with Crippen molar-refractivity contribution < 1.29 is 14.3 Å². The number of methoxy groups -OCH3 is 1. The van der Waals surface area contributed by atoms with Crippen molar-refractivity contribution in [3.8, 4) is 5.75 Å². The molecule has 1 aliphatic heterocycles. The number of nitrogens with one attached hydrogen (secondary N) is 2. The molecule has 2 aromatic carbocycles. The molecule has 3 amide bonds. The summed E-state index contributed by atoms with van der Waals surface area (Å²) in [6.45, 7) is 8.28. The van der Waals surface area contributed by atoms with Gasteiger partial charge in [-0.15, -0.1) is 0 Å². The van der Waals surface area contributed by atoms with Gasteiger partial charge >= 0.3 is 6.03 Å². The Balaban J connectivity index is 1.40. The number of benzene rings is 2.